The van der Waals surface area contributed by atoms with Crippen LogP contribution in [0.4, 0.5) is 8.78 Å². The van der Waals surface area contributed by atoms with Gasteiger partial charge in [0.1, 0.15) is 11.6 Å². The SMILES string of the molecule is CC(NCCc1ncno1)c1cc(F)cc(F)c1. The second-order valence-electron chi connectivity index (χ2n) is 3.96. The van der Waals surface area contributed by atoms with Crippen LogP contribution in [0.5, 0.6) is 0 Å². The van der Waals surface area contributed by atoms with E-state index in [9.17, 15) is 8.78 Å². The van der Waals surface area contributed by atoms with Crippen molar-refractivity contribution in [3.8, 4) is 0 Å². The summed E-state index contributed by atoms with van der Waals surface area (Å²) in [6.45, 7) is 2.42. The molecule has 1 heterocycles. The summed E-state index contributed by atoms with van der Waals surface area (Å²) in [6.07, 6.45) is 1.91. The van der Waals surface area contributed by atoms with Crippen LogP contribution in [0.15, 0.2) is 29.0 Å². The van der Waals surface area contributed by atoms with Gasteiger partial charge in [-0.15, -0.1) is 0 Å². The van der Waals surface area contributed by atoms with Crippen molar-refractivity contribution >= 4 is 0 Å². The largest absolute Gasteiger partial charge is 0.340 e. The normalized spacial score (nSPS) is 12.6. The van der Waals surface area contributed by atoms with Gasteiger partial charge in [-0.25, -0.2) is 8.78 Å². The van der Waals surface area contributed by atoms with E-state index >= 15 is 0 Å². The highest BCUT2D eigenvalue weighted by Crippen LogP contribution is 2.15. The van der Waals surface area contributed by atoms with Gasteiger partial charge in [-0.05, 0) is 24.6 Å². The van der Waals surface area contributed by atoms with Gasteiger partial charge in [0.2, 0.25) is 5.89 Å². The molecule has 0 aliphatic rings. The Kier molecular flexibility index (Phi) is 3.99. The Morgan fingerprint density at radius 2 is 2.00 bits per heavy atom. The summed E-state index contributed by atoms with van der Waals surface area (Å²) < 4.78 is 30.9. The van der Waals surface area contributed by atoms with Gasteiger partial charge >= 0.3 is 0 Å². The van der Waals surface area contributed by atoms with Crippen LogP contribution in [0.2, 0.25) is 0 Å². The van der Waals surface area contributed by atoms with Gasteiger partial charge < -0.3 is 9.84 Å². The van der Waals surface area contributed by atoms with Crippen molar-refractivity contribution in [3.05, 3.63) is 47.6 Å². The molecule has 0 fully saturated rings. The highest BCUT2D eigenvalue weighted by atomic mass is 19.1. The highest BCUT2D eigenvalue weighted by Gasteiger charge is 2.08. The zero-order valence-corrected chi connectivity index (χ0v) is 9.86. The number of halogens is 2. The predicted octanol–water partition coefficient (Wildman–Crippen LogP) is 2.24. The molecule has 1 aromatic carbocycles. The van der Waals surface area contributed by atoms with E-state index in [0.29, 0.717) is 24.4 Å². The Bertz CT molecular complexity index is 482. The summed E-state index contributed by atoms with van der Waals surface area (Å²) in [7, 11) is 0. The maximum atomic E-state index is 13.0. The molecule has 1 N–H and O–H groups in total. The van der Waals surface area contributed by atoms with Crippen LogP contribution in [0.25, 0.3) is 0 Å². The summed E-state index contributed by atoms with van der Waals surface area (Å²) in [5, 5.41) is 6.62. The molecule has 0 bridgehead atoms. The molecule has 1 aromatic heterocycles. The van der Waals surface area contributed by atoms with Crippen molar-refractivity contribution in [2.24, 2.45) is 0 Å². The number of aromatic nitrogens is 2. The summed E-state index contributed by atoms with van der Waals surface area (Å²) in [5.74, 6) is -0.619. The Morgan fingerprint density at radius 3 is 2.61 bits per heavy atom. The molecule has 18 heavy (non-hydrogen) atoms. The van der Waals surface area contributed by atoms with Crippen molar-refractivity contribution in [1.29, 1.82) is 0 Å². The topological polar surface area (TPSA) is 51.0 Å². The van der Waals surface area contributed by atoms with E-state index in [1.165, 1.54) is 18.5 Å². The van der Waals surface area contributed by atoms with Gasteiger partial charge in [-0.2, -0.15) is 4.98 Å². The Balaban J connectivity index is 1.89. The third-order valence-corrected chi connectivity index (χ3v) is 2.58. The van der Waals surface area contributed by atoms with E-state index in [4.69, 9.17) is 4.52 Å². The fourth-order valence-electron chi connectivity index (χ4n) is 1.64. The first-order chi connectivity index (χ1) is 8.65. The molecule has 0 aliphatic carbocycles. The van der Waals surface area contributed by atoms with Gasteiger partial charge in [0.25, 0.3) is 0 Å². The number of hydrogen-bond donors (Lipinski definition) is 1. The summed E-state index contributed by atoms with van der Waals surface area (Å²) in [5.41, 5.74) is 0.568. The molecular weight excluding hydrogens is 240 g/mol. The van der Waals surface area contributed by atoms with Gasteiger partial charge in [0.15, 0.2) is 6.33 Å². The highest BCUT2D eigenvalue weighted by molar-refractivity contribution is 5.20. The third-order valence-electron chi connectivity index (χ3n) is 2.58. The molecule has 2 aromatic rings. The summed E-state index contributed by atoms with van der Waals surface area (Å²) in [6, 6.07) is 3.33. The molecule has 0 aliphatic heterocycles. The monoisotopic (exact) mass is 253 g/mol. The molecule has 0 saturated heterocycles. The molecule has 96 valence electrons. The van der Waals surface area contributed by atoms with Gasteiger partial charge in [0, 0.05) is 25.1 Å². The molecule has 1 unspecified atom stereocenters. The minimum absolute atomic E-state index is 0.155. The van der Waals surface area contributed by atoms with Crippen LogP contribution in [-0.2, 0) is 6.42 Å². The Labute approximate surface area is 103 Å². The molecule has 6 heteroatoms. The van der Waals surface area contributed by atoms with Crippen LogP contribution < -0.4 is 5.32 Å². The summed E-state index contributed by atoms with van der Waals surface area (Å²) >= 11 is 0. The number of nitrogens with zero attached hydrogens (tertiary/aromatic N) is 2. The maximum Gasteiger partial charge on any atom is 0.227 e. The van der Waals surface area contributed by atoms with Crippen molar-refractivity contribution in [2.75, 3.05) is 6.54 Å². The lowest BCUT2D eigenvalue weighted by molar-refractivity contribution is 0.372. The number of rotatable bonds is 5. The fourth-order valence-corrected chi connectivity index (χ4v) is 1.64. The quantitative estimate of drug-likeness (QED) is 0.887. The molecule has 0 radical (unpaired) electrons. The third kappa shape index (κ3) is 3.33. The Morgan fingerprint density at radius 1 is 1.28 bits per heavy atom. The summed E-state index contributed by atoms with van der Waals surface area (Å²) in [4.78, 5) is 3.88. The molecule has 1 atom stereocenters. The minimum atomic E-state index is -0.574. The van der Waals surface area contributed by atoms with Crippen LogP contribution >= 0.6 is 0 Å². The molecule has 4 nitrogen and oxygen atoms in total. The van der Waals surface area contributed by atoms with Crippen molar-refractivity contribution < 1.29 is 13.3 Å². The zero-order chi connectivity index (χ0) is 13.0. The van der Waals surface area contributed by atoms with E-state index in [2.05, 4.69) is 15.5 Å². The zero-order valence-electron chi connectivity index (χ0n) is 9.86. The van der Waals surface area contributed by atoms with Gasteiger partial charge in [-0.1, -0.05) is 5.16 Å². The van der Waals surface area contributed by atoms with E-state index in [-0.39, 0.29) is 6.04 Å². The first-order valence-electron chi connectivity index (χ1n) is 5.60. The van der Waals surface area contributed by atoms with Gasteiger partial charge in [0.05, 0.1) is 0 Å². The maximum absolute atomic E-state index is 13.0. The number of benzene rings is 1. The van der Waals surface area contributed by atoms with Crippen LogP contribution in [0.3, 0.4) is 0 Å². The average molecular weight is 253 g/mol. The van der Waals surface area contributed by atoms with E-state index in [1.54, 1.807) is 0 Å². The van der Waals surface area contributed by atoms with Crippen LogP contribution in [-0.4, -0.2) is 16.7 Å². The Hall–Kier alpha value is -1.82. The van der Waals surface area contributed by atoms with E-state index < -0.39 is 11.6 Å². The fraction of sp³-hybridized carbons (Fsp3) is 0.333. The van der Waals surface area contributed by atoms with Crippen LogP contribution in [0.1, 0.15) is 24.4 Å². The molecular formula is C12H13F2N3O. The standard InChI is InChI=1S/C12H13F2N3O/c1-8(9-4-10(13)6-11(14)5-9)15-3-2-12-16-7-17-18-12/h4-8,15H,2-3H2,1H3. The first-order valence-corrected chi connectivity index (χ1v) is 5.60. The van der Waals surface area contributed by atoms with E-state index in [1.807, 2.05) is 6.92 Å². The van der Waals surface area contributed by atoms with Crippen molar-refractivity contribution in [3.63, 3.8) is 0 Å². The lowest BCUT2D eigenvalue weighted by Gasteiger charge is -2.13. The lowest BCUT2D eigenvalue weighted by Crippen LogP contribution is -2.21. The lowest BCUT2D eigenvalue weighted by atomic mass is 10.1. The minimum Gasteiger partial charge on any atom is -0.340 e. The number of hydrogen-bond acceptors (Lipinski definition) is 4. The smallest absolute Gasteiger partial charge is 0.227 e. The second kappa shape index (κ2) is 5.68. The van der Waals surface area contributed by atoms with Crippen LogP contribution in [0, 0.1) is 11.6 Å². The molecule has 0 saturated carbocycles. The van der Waals surface area contributed by atoms with Crippen molar-refractivity contribution in [1.82, 2.24) is 15.5 Å². The predicted molar refractivity (Wildman–Crippen MR) is 60.8 cm³/mol. The first kappa shape index (κ1) is 12.6. The average Bonchev–Trinajstić information content (AvgIpc) is 2.80. The van der Waals surface area contributed by atoms with E-state index in [0.717, 1.165) is 6.07 Å². The van der Waals surface area contributed by atoms with Crippen molar-refractivity contribution in [2.45, 2.75) is 19.4 Å². The second-order valence-corrected chi connectivity index (χ2v) is 3.96. The molecule has 0 spiro atoms. The number of nitrogens with one attached hydrogen (secondary N) is 1. The molecule has 0 amide bonds. The van der Waals surface area contributed by atoms with Gasteiger partial charge in [-0.3, -0.25) is 0 Å². The molecule has 2 rings (SSSR count).